The molecule has 0 spiro atoms. The number of aliphatic hydroxyl groups is 1. The lowest BCUT2D eigenvalue weighted by Gasteiger charge is -2.35. The third-order valence-corrected chi connectivity index (χ3v) is 6.40. The lowest BCUT2D eigenvalue weighted by atomic mass is 9.83. The largest absolute Gasteiger partial charge is 0.465 e. The average Bonchev–Trinajstić information content (AvgIpc) is 2.97. The Morgan fingerprint density at radius 3 is 2.67 bits per heavy atom. The summed E-state index contributed by atoms with van der Waals surface area (Å²) in [5.41, 5.74) is -0.827. The summed E-state index contributed by atoms with van der Waals surface area (Å²) in [6.07, 6.45) is 3.98. The van der Waals surface area contributed by atoms with Crippen LogP contribution in [0.1, 0.15) is 41.8 Å². The number of nitrogens with one attached hydrogen (secondary N) is 1. The number of carbonyl (C=O) groups is 1. The van der Waals surface area contributed by atoms with Crippen LogP contribution in [0.2, 0.25) is 0 Å². The molecule has 8 heteroatoms. The van der Waals surface area contributed by atoms with Gasteiger partial charge in [-0.05, 0) is 24.3 Å². The minimum atomic E-state index is -3.87. The zero-order chi connectivity index (χ0) is 15.5. The Labute approximate surface area is 128 Å². The van der Waals surface area contributed by atoms with E-state index in [1.165, 1.54) is 18.6 Å². The van der Waals surface area contributed by atoms with Gasteiger partial charge >= 0.3 is 5.97 Å². The topological polar surface area (TPSA) is 92.7 Å². The van der Waals surface area contributed by atoms with E-state index in [2.05, 4.69) is 9.46 Å². The van der Waals surface area contributed by atoms with E-state index < -0.39 is 21.5 Å². The van der Waals surface area contributed by atoms with Crippen LogP contribution in [0.4, 0.5) is 0 Å². The predicted octanol–water partition coefficient (Wildman–Crippen LogP) is 1.51. The number of thiophene rings is 1. The van der Waals surface area contributed by atoms with Crippen molar-refractivity contribution in [3.8, 4) is 0 Å². The molecule has 1 aromatic rings. The molecule has 0 amide bonds. The minimum absolute atomic E-state index is 0.0499. The van der Waals surface area contributed by atoms with E-state index >= 15 is 0 Å². The lowest BCUT2D eigenvalue weighted by molar-refractivity contribution is 0.0602. The fourth-order valence-corrected chi connectivity index (χ4v) is 5.40. The van der Waals surface area contributed by atoms with Gasteiger partial charge in [0.1, 0.15) is 9.77 Å². The van der Waals surface area contributed by atoms with Crippen LogP contribution in [0.3, 0.4) is 0 Å². The number of esters is 1. The van der Waals surface area contributed by atoms with E-state index in [-0.39, 0.29) is 16.4 Å². The molecule has 2 rings (SSSR count). The fraction of sp³-hybridized carbons (Fsp3) is 0.615. The van der Waals surface area contributed by atoms with Gasteiger partial charge in [-0.2, -0.15) is 0 Å². The number of rotatable bonds is 5. The highest BCUT2D eigenvalue weighted by atomic mass is 32.2. The van der Waals surface area contributed by atoms with Crippen molar-refractivity contribution in [1.29, 1.82) is 0 Å². The monoisotopic (exact) mass is 333 g/mol. The molecule has 0 radical (unpaired) electrons. The molecule has 1 aliphatic carbocycles. The Balaban J connectivity index is 2.30. The molecule has 1 saturated carbocycles. The fourth-order valence-electron chi connectivity index (χ4n) is 2.61. The Bertz CT molecular complexity index is 602. The molecular weight excluding hydrogens is 314 g/mol. The second-order valence-electron chi connectivity index (χ2n) is 5.21. The van der Waals surface area contributed by atoms with Crippen molar-refractivity contribution in [3.63, 3.8) is 0 Å². The molecule has 1 heterocycles. The molecule has 0 atom stereocenters. The molecular formula is C13H19NO5S2. The maximum absolute atomic E-state index is 12.5. The van der Waals surface area contributed by atoms with Crippen LogP contribution >= 0.6 is 11.3 Å². The maximum Gasteiger partial charge on any atom is 0.349 e. The van der Waals surface area contributed by atoms with Gasteiger partial charge in [0, 0.05) is 0 Å². The van der Waals surface area contributed by atoms with Crippen LogP contribution in [-0.2, 0) is 14.8 Å². The summed E-state index contributed by atoms with van der Waals surface area (Å²) in [5.74, 6) is -0.674. The van der Waals surface area contributed by atoms with Gasteiger partial charge in [0.2, 0.25) is 10.0 Å². The lowest BCUT2D eigenvalue weighted by Crippen LogP contribution is -2.52. The van der Waals surface area contributed by atoms with Crippen molar-refractivity contribution in [2.45, 2.75) is 42.5 Å². The number of hydrogen-bond acceptors (Lipinski definition) is 6. The third-order valence-electron chi connectivity index (χ3n) is 3.75. The second kappa shape index (κ2) is 6.43. The van der Waals surface area contributed by atoms with Crippen LogP contribution < -0.4 is 4.72 Å². The van der Waals surface area contributed by atoms with Gasteiger partial charge in [0.05, 0.1) is 19.3 Å². The standard InChI is InChI=1S/C13H19NO5S2/c1-19-12(16)11-10(5-8-20-11)21(17,18)14-13(9-15)6-3-2-4-7-13/h5,8,14-15H,2-4,6-7,9H2,1H3. The Hall–Kier alpha value is -0.960. The van der Waals surface area contributed by atoms with Crippen molar-refractivity contribution >= 4 is 27.3 Å². The summed E-state index contributed by atoms with van der Waals surface area (Å²) in [6.45, 7) is -0.246. The molecule has 0 bridgehead atoms. The molecule has 1 fully saturated rings. The predicted molar refractivity (Wildman–Crippen MR) is 78.9 cm³/mol. The van der Waals surface area contributed by atoms with Crippen molar-refractivity contribution < 1.29 is 23.1 Å². The van der Waals surface area contributed by atoms with Crippen molar-refractivity contribution in [3.05, 3.63) is 16.3 Å². The number of sulfonamides is 1. The molecule has 0 unspecified atom stereocenters. The smallest absolute Gasteiger partial charge is 0.349 e. The molecule has 1 aliphatic rings. The Morgan fingerprint density at radius 2 is 2.10 bits per heavy atom. The number of hydrogen-bond donors (Lipinski definition) is 2. The quantitative estimate of drug-likeness (QED) is 0.797. The zero-order valence-electron chi connectivity index (χ0n) is 11.8. The summed E-state index contributed by atoms with van der Waals surface area (Å²) < 4.78 is 32.3. The first-order valence-corrected chi connectivity index (χ1v) is 9.11. The van der Waals surface area contributed by atoms with Gasteiger partial charge in [0.15, 0.2) is 0 Å². The van der Waals surface area contributed by atoms with E-state index in [0.29, 0.717) is 12.8 Å². The zero-order valence-corrected chi connectivity index (χ0v) is 13.4. The number of ether oxygens (including phenoxy) is 1. The van der Waals surface area contributed by atoms with Gasteiger partial charge < -0.3 is 9.84 Å². The van der Waals surface area contributed by atoms with Gasteiger partial charge in [-0.3, -0.25) is 0 Å². The van der Waals surface area contributed by atoms with Gasteiger partial charge in [0.25, 0.3) is 0 Å². The molecule has 0 aliphatic heterocycles. The van der Waals surface area contributed by atoms with E-state index in [4.69, 9.17) is 0 Å². The van der Waals surface area contributed by atoms with Crippen LogP contribution in [-0.4, -0.2) is 38.7 Å². The Kier molecular flexibility index (Phi) is 5.03. The van der Waals surface area contributed by atoms with Crippen LogP contribution in [0.25, 0.3) is 0 Å². The summed E-state index contributed by atoms with van der Waals surface area (Å²) >= 11 is 1.02. The highest BCUT2D eigenvalue weighted by Gasteiger charge is 2.37. The van der Waals surface area contributed by atoms with E-state index in [9.17, 15) is 18.3 Å². The van der Waals surface area contributed by atoms with E-state index in [0.717, 1.165) is 30.6 Å². The summed E-state index contributed by atoms with van der Waals surface area (Å²) in [4.78, 5) is 11.6. The van der Waals surface area contributed by atoms with Crippen LogP contribution in [0.5, 0.6) is 0 Å². The molecule has 0 saturated heterocycles. The highest BCUT2D eigenvalue weighted by Crippen LogP contribution is 2.31. The maximum atomic E-state index is 12.5. The second-order valence-corrected chi connectivity index (χ2v) is 7.78. The first-order chi connectivity index (χ1) is 9.94. The minimum Gasteiger partial charge on any atom is -0.465 e. The number of aliphatic hydroxyl groups excluding tert-OH is 1. The molecule has 21 heavy (non-hydrogen) atoms. The first kappa shape index (κ1) is 16.4. The summed E-state index contributed by atoms with van der Waals surface area (Å²) in [5, 5.41) is 11.1. The normalized spacial score (nSPS) is 18.4. The Morgan fingerprint density at radius 1 is 1.43 bits per heavy atom. The molecule has 0 aromatic carbocycles. The number of methoxy groups -OCH3 is 1. The molecule has 1 aromatic heterocycles. The van der Waals surface area contributed by atoms with Crippen molar-refractivity contribution in [2.75, 3.05) is 13.7 Å². The van der Waals surface area contributed by atoms with Crippen molar-refractivity contribution in [2.24, 2.45) is 0 Å². The molecule has 2 N–H and O–H groups in total. The van der Waals surface area contributed by atoms with Crippen molar-refractivity contribution in [1.82, 2.24) is 4.72 Å². The number of carbonyl (C=O) groups excluding carboxylic acids is 1. The van der Waals surface area contributed by atoms with E-state index in [1.54, 1.807) is 0 Å². The summed E-state index contributed by atoms with van der Waals surface area (Å²) in [7, 11) is -2.66. The van der Waals surface area contributed by atoms with E-state index in [1.807, 2.05) is 0 Å². The molecule has 6 nitrogen and oxygen atoms in total. The molecule has 118 valence electrons. The highest BCUT2D eigenvalue weighted by molar-refractivity contribution is 7.89. The summed E-state index contributed by atoms with van der Waals surface area (Å²) in [6, 6.07) is 1.38. The van der Waals surface area contributed by atoms with Crippen LogP contribution in [0, 0.1) is 0 Å². The van der Waals surface area contributed by atoms with Crippen LogP contribution in [0.15, 0.2) is 16.3 Å². The van der Waals surface area contributed by atoms with Gasteiger partial charge in [-0.25, -0.2) is 17.9 Å². The SMILES string of the molecule is COC(=O)c1sccc1S(=O)(=O)NC1(CO)CCCCC1. The van der Waals surface area contributed by atoms with Gasteiger partial charge in [-0.15, -0.1) is 11.3 Å². The van der Waals surface area contributed by atoms with Gasteiger partial charge in [-0.1, -0.05) is 19.3 Å². The third kappa shape index (κ3) is 3.45. The first-order valence-electron chi connectivity index (χ1n) is 6.75. The average molecular weight is 333 g/mol.